The molecule has 1 aromatic rings. The summed E-state index contributed by atoms with van der Waals surface area (Å²) in [6.07, 6.45) is 1.58. The van der Waals surface area contributed by atoms with Crippen LogP contribution in [0.5, 0.6) is 0 Å². The van der Waals surface area contributed by atoms with Crippen LogP contribution in [0.2, 0.25) is 0 Å². The zero-order valence-corrected chi connectivity index (χ0v) is 14.6. The van der Waals surface area contributed by atoms with Gasteiger partial charge in [-0.25, -0.2) is 8.42 Å². The van der Waals surface area contributed by atoms with E-state index in [0.29, 0.717) is 12.2 Å². The molecule has 0 aromatic heterocycles. The second-order valence-electron chi connectivity index (χ2n) is 6.12. The van der Waals surface area contributed by atoms with Crippen LogP contribution >= 0.6 is 0 Å². The van der Waals surface area contributed by atoms with Gasteiger partial charge in [-0.05, 0) is 49.9 Å². The predicted octanol–water partition coefficient (Wildman–Crippen LogP) is 1.45. The monoisotopic (exact) mass is 340 g/mol. The van der Waals surface area contributed by atoms with Gasteiger partial charge in [-0.2, -0.15) is 4.31 Å². The number of carbonyl (C=O) groups is 1. The Morgan fingerprint density at radius 1 is 1.30 bits per heavy atom. The van der Waals surface area contributed by atoms with Crippen molar-refractivity contribution in [3.05, 3.63) is 24.3 Å². The Morgan fingerprint density at radius 3 is 2.43 bits per heavy atom. The maximum atomic E-state index is 12.8. The van der Waals surface area contributed by atoms with E-state index in [9.17, 15) is 18.3 Å². The molecule has 1 aliphatic rings. The first-order valence-corrected chi connectivity index (χ1v) is 9.18. The Hall–Kier alpha value is -1.44. The predicted molar refractivity (Wildman–Crippen MR) is 88.7 cm³/mol. The molecule has 2 atom stereocenters. The van der Waals surface area contributed by atoms with Gasteiger partial charge < -0.3 is 10.0 Å². The van der Waals surface area contributed by atoms with Gasteiger partial charge in [0.1, 0.15) is 0 Å². The van der Waals surface area contributed by atoms with Gasteiger partial charge in [0.05, 0.1) is 4.90 Å². The van der Waals surface area contributed by atoms with E-state index < -0.39 is 10.0 Å². The average molecular weight is 340 g/mol. The third kappa shape index (κ3) is 3.73. The van der Waals surface area contributed by atoms with Gasteiger partial charge in [-0.3, -0.25) is 4.79 Å². The van der Waals surface area contributed by atoms with Crippen molar-refractivity contribution < 1.29 is 18.3 Å². The van der Waals surface area contributed by atoms with Crippen molar-refractivity contribution in [2.24, 2.45) is 5.92 Å². The Bertz CT molecular complexity index is 657. The van der Waals surface area contributed by atoms with Gasteiger partial charge in [-0.15, -0.1) is 0 Å². The Labute approximate surface area is 137 Å². The molecule has 2 rings (SSSR count). The van der Waals surface area contributed by atoms with Crippen LogP contribution in [-0.2, 0) is 14.8 Å². The molecule has 0 bridgehead atoms. The Morgan fingerprint density at radius 2 is 1.91 bits per heavy atom. The van der Waals surface area contributed by atoms with Crippen molar-refractivity contribution in [3.63, 3.8) is 0 Å². The highest BCUT2D eigenvalue weighted by Gasteiger charge is 2.34. The number of rotatable bonds is 4. The molecule has 0 radical (unpaired) electrons. The van der Waals surface area contributed by atoms with E-state index in [1.54, 1.807) is 19.2 Å². The number of aliphatic hydroxyl groups is 1. The van der Waals surface area contributed by atoms with Crippen molar-refractivity contribution >= 4 is 21.6 Å². The highest BCUT2D eigenvalue weighted by molar-refractivity contribution is 7.89. The normalized spacial score (nSPS) is 22.8. The molecule has 0 spiro atoms. The van der Waals surface area contributed by atoms with Crippen LogP contribution in [0.3, 0.4) is 0 Å². The molecule has 128 valence electrons. The maximum Gasteiger partial charge on any atom is 0.243 e. The number of hydrogen-bond donors (Lipinski definition) is 1. The molecular weight excluding hydrogens is 316 g/mol. The number of amides is 1. The fraction of sp³-hybridized carbons (Fsp3) is 0.562. The molecule has 1 saturated heterocycles. The maximum absolute atomic E-state index is 12.8. The van der Waals surface area contributed by atoms with Crippen molar-refractivity contribution in [3.8, 4) is 0 Å². The molecule has 7 heteroatoms. The number of sulfonamides is 1. The lowest BCUT2D eigenvalue weighted by molar-refractivity contribution is -0.116. The molecular formula is C16H24N2O4S. The minimum absolute atomic E-state index is 0.00108. The van der Waals surface area contributed by atoms with E-state index in [0.717, 1.165) is 12.8 Å². The van der Waals surface area contributed by atoms with Gasteiger partial charge >= 0.3 is 0 Å². The largest absolute Gasteiger partial charge is 0.396 e. The first-order chi connectivity index (χ1) is 10.8. The van der Waals surface area contributed by atoms with Gasteiger partial charge in [0.15, 0.2) is 0 Å². The summed E-state index contributed by atoms with van der Waals surface area (Å²) in [6, 6.07) is 6.24. The second-order valence-corrected chi connectivity index (χ2v) is 8.01. The van der Waals surface area contributed by atoms with Crippen molar-refractivity contribution in [1.29, 1.82) is 0 Å². The number of hydrogen-bond acceptors (Lipinski definition) is 4. The average Bonchev–Trinajstić information content (AvgIpc) is 2.54. The van der Waals surface area contributed by atoms with E-state index >= 15 is 0 Å². The minimum Gasteiger partial charge on any atom is -0.396 e. The third-order valence-electron chi connectivity index (χ3n) is 4.48. The van der Waals surface area contributed by atoms with Crippen molar-refractivity contribution in [1.82, 2.24) is 4.31 Å². The number of benzene rings is 1. The summed E-state index contributed by atoms with van der Waals surface area (Å²) < 4.78 is 27.1. The zero-order valence-electron chi connectivity index (χ0n) is 13.8. The Balaban J connectivity index is 2.27. The third-order valence-corrected chi connectivity index (χ3v) is 6.48. The molecule has 0 aliphatic carbocycles. The highest BCUT2D eigenvalue weighted by Crippen LogP contribution is 2.28. The number of anilines is 1. The molecule has 23 heavy (non-hydrogen) atoms. The quantitative estimate of drug-likeness (QED) is 0.900. The summed E-state index contributed by atoms with van der Waals surface area (Å²) in [5.41, 5.74) is 0.649. The summed E-state index contributed by atoms with van der Waals surface area (Å²) in [7, 11) is -1.95. The molecule has 1 aliphatic heterocycles. The van der Waals surface area contributed by atoms with E-state index in [-0.39, 0.29) is 29.4 Å². The lowest BCUT2D eigenvalue weighted by Gasteiger charge is -2.36. The molecule has 1 N–H and O–H groups in total. The fourth-order valence-corrected chi connectivity index (χ4v) is 4.53. The van der Waals surface area contributed by atoms with Crippen LogP contribution in [0.15, 0.2) is 29.2 Å². The van der Waals surface area contributed by atoms with Crippen LogP contribution < -0.4 is 4.90 Å². The molecule has 1 heterocycles. The molecule has 1 amide bonds. The summed E-state index contributed by atoms with van der Waals surface area (Å²) in [5, 5.41) is 9.32. The molecule has 6 nitrogen and oxygen atoms in total. The first kappa shape index (κ1) is 17.9. The second kappa shape index (κ2) is 6.98. The van der Waals surface area contributed by atoms with E-state index in [1.807, 2.05) is 6.92 Å². The van der Waals surface area contributed by atoms with Crippen LogP contribution in [0.4, 0.5) is 5.69 Å². The number of nitrogens with zero attached hydrogens (tertiary/aromatic N) is 2. The molecule has 1 aromatic carbocycles. The van der Waals surface area contributed by atoms with Crippen LogP contribution in [-0.4, -0.2) is 50.0 Å². The highest BCUT2D eigenvalue weighted by atomic mass is 32.2. The smallest absolute Gasteiger partial charge is 0.243 e. The topological polar surface area (TPSA) is 77.9 Å². The van der Waals surface area contributed by atoms with E-state index in [1.165, 1.54) is 28.3 Å². The number of carbonyl (C=O) groups excluding carboxylic acids is 1. The lowest BCUT2D eigenvalue weighted by Crippen LogP contribution is -2.46. The molecule has 0 unspecified atom stereocenters. The van der Waals surface area contributed by atoms with Gasteiger partial charge in [0, 0.05) is 38.9 Å². The lowest BCUT2D eigenvalue weighted by atomic mass is 9.96. The molecule has 0 saturated carbocycles. The number of aliphatic hydroxyl groups excluding tert-OH is 1. The van der Waals surface area contributed by atoms with Crippen LogP contribution in [0.1, 0.15) is 26.7 Å². The van der Waals surface area contributed by atoms with Crippen LogP contribution in [0.25, 0.3) is 0 Å². The summed E-state index contributed by atoms with van der Waals surface area (Å²) in [5.74, 6) is -0.125. The summed E-state index contributed by atoms with van der Waals surface area (Å²) in [6.45, 7) is 3.69. The number of piperidine rings is 1. The van der Waals surface area contributed by atoms with E-state index in [4.69, 9.17) is 0 Å². The first-order valence-electron chi connectivity index (χ1n) is 7.74. The van der Waals surface area contributed by atoms with Gasteiger partial charge in [0.2, 0.25) is 15.9 Å². The zero-order chi connectivity index (χ0) is 17.2. The molecule has 1 fully saturated rings. The Kier molecular flexibility index (Phi) is 5.44. The van der Waals surface area contributed by atoms with E-state index in [2.05, 4.69) is 0 Å². The summed E-state index contributed by atoms with van der Waals surface area (Å²) >= 11 is 0. The SMILES string of the molecule is CC(=O)N(C)c1ccc(S(=O)(=O)N2C[C@@H](CO)CC[C@H]2C)cc1. The van der Waals surface area contributed by atoms with Crippen LogP contribution in [0, 0.1) is 5.92 Å². The fourth-order valence-electron chi connectivity index (χ4n) is 2.79. The van der Waals surface area contributed by atoms with Gasteiger partial charge in [-0.1, -0.05) is 0 Å². The van der Waals surface area contributed by atoms with Crippen molar-refractivity contribution in [2.45, 2.75) is 37.6 Å². The summed E-state index contributed by atoms with van der Waals surface area (Å²) in [4.78, 5) is 13.0. The van der Waals surface area contributed by atoms with Crippen molar-refractivity contribution in [2.75, 3.05) is 25.1 Å². The standard InChI is InChI=1S/C16H24N2O4S/c1-12-4-5-14(11-19)10-18(12)23(21,22)16-8-6-15(7-9-16)17(3)13(2)20/h6-9,12,14,19H,4-5,10-11H2,1-3H3/t12-,14+/m1/s1. The minimum atomic E-state index is -3.60. The van der Waals surface area contributed by atoms with Gasteiger partial charge in [0.25, 0.3) is 0 Å².